The van der Waals surface area contributed by atoms with Gasteiger partial charge >= 0.3 is 5.97 Å². The number of hydrogen-bond donors (Lipinski definition) is 3. The lowest BCUT2D eigenvalue weighted by Gasteiger charge is -2.20. The third-order valence-corrected chi connectivity index (χ3v) is 2.67. The first kappa shape index (κ1) is 11.4. The molecule has 0 aliphatic heterocycles. The summed E-state index contributed by atoms with van der Waals surface area (Å²) < 4.78 is -0.778. The Labute approximate surface area is 93.4 Å². The molecule has 5 heteroatoms. The summed E-state index contributed by atoms with van der Waals surface area (Å²) in [5, 5.41) is 8.54. The summed E-state index contributed by atoms with van der Waals surface area (Å²) in [4.78, 5) is 14.5. The van der Waals surface area contributed by atoms with Crippen LogP contribution in [0.1, 0.15) is 18.5 Å². The molecule has 0 unspecified atom stereocenters. The van der Waals surface area contributed by atoms with Gasteiger partial charge in [-0.3, -0.25) is 9.78 Å². The maximum absolute atomic E-state index is 10.4. The van der Waals surface area contributed by atoms with Gasteiger partial charge in [-0.25, -0.2) is 0 Å². The van der Waals surface area contributed by atoms with Crippen molar-refractivity contribution in [3.63, 3.8) is 0 Å². The Hall–Kier alpha value is -0.680. The highest BCUT2D eigenvalue weighted by atomic mass is 32.2. The average molecular weight is 229 g/mol. The molecule has 76 valence electrons. The van der Waals surface area contributed by atoms with Crippen molar-refractivity contribution >= 4 is 31.2 Å². The highest BCUT2D eigenvalue weighted by molar-refractivity contribution is 7.99. The highest BCUT2D eigenvalue weighted by Gasteiger charge is 2.24. The van der Waals surface area contributed by atoms with Crippen molar-refractivity contribution in [1.82, 2.24) is 4.98 Å². The van der Waals surface area contributed by atoms with Crippen LogP contribution < -0.4 is 0 Å². The van der Waals surface area contributed by atoms with Crippen molar-refractivity contribution in [3.05, 3.63) is 30.1 Å². The van der Waals surface area contributed by atoms with E-state index in [1.807, 2.05) is 6.07 Å². The molecule has 0 bridgehead atoms. The molecular formula is C9H11NO2S2. The zero-order chi connectivity index (χ0) is 10.6. The van der Waals surface area contributed by atoms with E-state index in [0.717, 1.165) is 0 Å². The van der Waals surface area contributed by atoms with Gasteiger partial charge in [0, 0.05) is 12.6 Å². The van der Waals surface area contributed by atoms with Gasteiger partial charge in [-0.15, -0.1) is 0 Å². The number of thiol groups is 2. The van der Waals surface area contributed by atoms with Crippen LogP contribution in [0.15, 0.2) is 24.4 Å². The number of carbonyl (C=O) groups is 1. The molecule has 3 nitrogen and oxygen atoms in total. The van der Waals surface area contributed by atoms with Gasteiger partial charge in [0.1, 0.15) is 0 Å². The average Bonchev–Trinajstić information content (AvgIpc) is 2.16. The van der Waals surface area contributed by atoms with Gasteiger partial charge in [0.05, 0.1) is 9.77 Å². The van der Waals surface area contributed by atoms with Crippen LogP contribution >= 0.6 is 25.3 Å². The Kier molecular flexibility index (Phi) is 3.83. The van der Waals surface area contributed by atoms with E-state index in [4.69, 9.17) is 5.11 Å². The topological polar surface area (TPSA) is 50.2 Å². The van der Waals surface area contributed by atoms with E-state index in [1.54, 1.807) is 18.3 Å². The van der Waals surface area contributed by atoms with Gasteiger partial charge in [0.15, 0.2) is 0 Å². The molecule has 0 radical (unpaired) electrons. The highest BCUT2D eigenvalue weighted by Crippen LogP contribution is 2.35. The lowest BCUT2D eigenvalue weighted by atomic mass is 10.1. The number of pyridine rings is 1. The number of rotatable bonds is 4. The Morgan fingerprint density at radius 2 is 2.21 bits per heavy atom. The molecule has 0 saturated heterocycles. The Balaban J connectivity index is 2.70. The summed E-state index contributed by atoms with van der Waals surface area (Å²) in [6, 6.07) is 5.39. The molecule has 1 rings (SSSR count). The standard InChI is InChI=1S/C9H11NO2S2/c11-8(12)4-5-9(13,14)7-3-1-2-6-10-7/h1-3,6,13-14H,4-5H2,(H,11,12). The van der Waals surface area contributed by atoms with E-state index in [2.05, 4.69) is 30.2 Å². The van der Waals surface area contributed by atoms with Gasteiger partial charge < -0.3 is 5.11 Å². The maximum Gasteiger partial charge on any atom is 0.303 e. The fourth-order valence-electron chi connectivity index (χ4n) is 1.01. The van der Waals surface area contributed by atoms with Gasteiger partial charge in [0.25, 0.3) is 0 Å². The van der Waals surface area contributed by atoms with E-state index in [0.29, 0.717) is 12.1 Å². The smallest absolute Gasteiger partial charge is 0.303 e. The van der Waals surface area contributed by atoms with Crippen molar-refractivity contribution < 1.29 is 9.90 Å². The monoisotopic (exact) mass is 229 g/mol. The third kappa shape index (κ3) is 3.23. The van der Waals surface area contributed by atoms with Crippen LogP contribution in [0.4, 0.5) is 0 Å². The fourth-order valence-corrected chi connectivity index (χ4v) is 1.50. The largest absolute Gasteiger partial charge is 0.481 e. The first-order valence-electron chi connectivity index (χ1n) is 4.10. The molecule has 1 aromatic heterocycles. The number of aromatic nitrogens is 1. The van der Waals surface area contributed by atoms with Crippen molar-refractivity contribution in [2.45, 2.75) is 16.9 Å². The Morgan fingerprint density at radius 1 is 1.50 bits per heavy atom. The second-order valence-electron chi connectivity index (χ2n) is 2.93. The van der Waals surface area contributed by atoms with Crippen LogP contribution in [0.3, 0.4) is 0 Å². The van der Waals surface area contributed by atoms with Crippen LogP contribution in [0.25, 0.3) is 0 Å². The van der Waals surface area contributed by atoms with Gasteiger partial charge in [-0.1, -0.05) is 6.07 Å². The molecule has 0 aliphatic rings. The van der Waals surface area contributed by atoms with E-state index >= 15 is 0 Å². The SMILES string of the molecule is O=C(O)CCC(S)(S)c1ccccn1. The van der Waals surface area contributed by atoms with E-state index in [9.17, 15) is 4.79 Å². The predicted molar refractivity (Wildman–Crippen MR) is 60.8 cm³/mol. The lowest BCUT2D eigenvalue weighted by Crippen LogP contribution is -2.14. The summed E-state index contributed by atoms with van der Waals surface area (Å²) in [5.74, 6) is -0.853. The molecule has 0 amide bonds. The van der Waals surface area contributed by atoms with Gasteiger partial charge in [-0.05, 0) is 18.6 Å². The summed E-state index contributed by atoms with van der Waals surface area (Å²) in [5.41, 5.74) is 0.674. The molecule has 1 N–H and O–H groups in total. The molecule has 1 heterocycles. The third-order valence-electron chi connectivity index (χ3n) is 1.76. The number of nitrogens with zero attached hydrogens (tertiary/aromatic N) is 1. The molecular weight excluding hydrogens is 218 g/mol. The lowest BCUT2D eigenvalue weighted by molar-refractivity contribution is -0.137. The van der Waals surface area contributed by atoms with E-state index in [1.165, 1.54) is 0 Å². The van der Waals surface area contributed by atoms with Gasteiger partial charge in [0.2, 0.25) is 0 Å². The van der Waals surface area contributed by atoms with E-state index < -0.39 is 10.0 Å². The van der Waals surface area contributed by atoms with Crippen molar-refractivity contribution in [2.24, 2.45) is 0 Å². The molecule has 0 fully saturated rings. The summed E-state index contributed by atoms with van der Waals surface area (Å²) >= 11 is 8.58. The van der Waals surface area contributed by atoms with E-state index in [-0.39, 0.29) is 6.42 Å². The zero-order valence-electron chi connectivity index (χ0n) is 7.42. The minimum absolute atomic E-state index is 0.0313. The molecule has 0 atom stereocenters. The molecule has 0 aromatic carbocycles. The van der Waals surface area contributed by atoms with Crippen molar-refractivity contribution in [2.75, 3.05) is 0 Å². The molecule has 0 spiro atoms. The summed E-state index contributed by atoms with van der Waals surface area (Å²) in [6.07, 6.45) is 2.01. The number of hydrogen-bond acceptors (Lipinski definition) is 4. The normalized spacial score (nSPS) is 11.3. The Bertz CT molecular complexity index is 314. The predicted octanol–water partition coefficient (Wildman–Crippen LogP) is 1.96. The first-order chi connectivity index (χ1) is 6.52. The quantitative estimate of drug-likeness (QED) is 0.546. The van der Waals surface area contributed by atoms with Crippen LogP contribution in [-0.2, 0) is 8.87 Å². The van der Waals surface area contributed by atoms with Crippen LogP contribution in [0.2, 0.25) is 0 Å². The number of carboxylic acid groups (broad SMARTS) is 1. The fraction of sp³-hybridized carbons (Fsp3) is 0.333. The van der Waals surface area contributed by atoms with Crippen molar-refractivity contribution in [3.8, 4) is 0 Å². The maximum atomic E-state index is 10.4. The van der Waals surface area contributed by atoms with Crippen molar-refractivity contribution in [1.29, 1.82) is 0 Å². The van der Waals surface area contributed by atoms with Gasteiger partial charge in [-0.2, -0.15) is 25.3 Å². The summed E-state index contributed by atoms with van der Waals surface area (Å²) in [7, 11) is 0. The molecule has 14 heavy (non-hydrogen) atoms. The van der Waals surface area contributed by atoms with Crippen LogP contribution in [-0.4, -0.2) is 16.1 Å². The number of aliphatic carboxylic acids is 1. The second kappa shape index (κ2) is 4.70. The zero-order valence-corrected chi connectivity index (χ0v) is 9.21. The number of carboxylic acids is 1. The minimum Gasteiger partial charge on any atom is -0.481 e. The minimum atomic E-state index is -0.853. The first-order valence-corrected chi connectivity index (χ1v) is 5.00. The summed E-state index contributed by atoms with van der Waals surface area (Å²) in [6.45, 7) is 0. The second-order valence-corrected chi connectivity index (χ2v) is 4.80. The molecule has 0 saturated carbocycles. The van der Waals surface area contributed by atoms with Crippen LogP contribution in [0.5, 0.6) is 0 Å². The van der Waals surface area contributed by atoms with Crippen LogP contribution in [0, 0.1) is 0 Å². The molecule has 0 aliphatic carbocycles. The Morgan fingerprint density at radius 3 is 2.71 bits per heavy atom. The molecule has 1 aromatic rings.